The Balaban J connectivity index is 2.13. The van der Waals surface area contributed by atoms with Crippen molar-refractivity contribution in [2.45, 2.75) is 29.2 Å². The third-order valence-corrected chi connectivity index (χ3v) is 4.31. The van der Waals surface area contributed by atoms with Crippen LogP contribution in [0.2, 0.25) is 0 Å². The van der Waals surface area contributed by atoms with Crippen LogP contribution in [0.5, 0.6) is 0 Å². The first-order valence-corrected chi connectivity index (χ1v) is 6.82. The van der Waals surface area contributed by atoms with Crippen LogP contribution in [0.25, 0.3) is 0 Å². The van der Waals surface area contributed by atoms with E-state index in [1.54, 1.807) is 0 Å². The predicted molar refractivity (Wildman–Crippen MR) is 73.7 cm³/mol. The van der Waals surface area contributed by atoms with E-state index >= 15 is 0 Å². The number of hydrogen-bond donors (Lipinski definition) is 1. The molecule has 1 heterocycles. The summed E-state index contributed by atoms with van der Waals surface area (Å²) in [6.07, 6.45) is 1.10. The molecule has 17 heavy (non-hydrogen) atoms. The van der Waals surface area contributed by atoms with E-state index in [1.165, 1.54) is 21.0 Å². The molecular weight excluding hydrogens is 226 g/mol. The molecule has 86 valence electrons. The lowest BCUT2D eigenvalue weighted by Crippen LogP contribution is -2.09. The van der Waals surface area contributed by atoms with Crippen LogP contribution in [0.15, 0.2) is 58.3 Å². The molecule has 2 heteroatoms. The van der Waals surface area contributed by atoms with E-state index < -0.39 is 0 Å². The molecule has 1 aliphatic rings. The van der Waals surface area contributed by atoms with Gasteiger partial charge >= 0.3 is 0 Å². The maximum atomic E-state index is 3.64. The highest BCUT2D eigenvalue weighted by Crippen LogP contribution is 2.42. The molecule has 2 aromatic rings. The van der Waals surface area contributed by atoms with Gasteiger partial charge in [0.1, 0.15) is 0 Å². The molecule has 0 aromatic heterocycles. The summed E-state index contributed by atoms with van der Waals surface area (Å²) in [5, 5.41) is 3.64. The van der Waals surface area contributed by atoms with Crippen molar-refractivity contribution in [3.05, 3.63) is 54.1 Å². The van der Waals surface area contributed by atoms with Gasteiger partial charge in [0.25, 0.3) is 0 Å². The number of nitrogens with one attached hydrogen (secondary N) is 1. The van der Waals surface area contributed by atoms with Gasteiger partial charge in [-0.25, -0.2) is 0 Å². The van der Waals surface area contributed by atoms with E-state index in [0.29, 0.717) is 6.04 Å². The van der Waals surface area contributed by atoms with Crippen molar-refractivity contribution in [3.8, 4) is 0 Å². The molecule has 0 saturated carbocycles. The molecule has 1 aliphatic heterocycles. The lowest BCUT2D eigenvalue weighted by Gasteiger charge is -2.17. The molecule has 1 N–H and O–H groups in total. The second kappa shape index (κ2) is 4.46. The summed E-state index contributed by atoms with van der Waals surface area (Å²) in [6, 6.07) is 17.6. The summed E-state index contributed by atoms with van der Waals surface area (Å²) >= 11 is 1.86. The van der Waals surface area contributed by atoms with E-state index in [1.807, 2.05) is 11.8 Å². The van der Waals surface area contributed by atoms with Crippen LogP contribution in [0, 0.1) is 0 Å². The highest BCUT2D eigenvalue weighted by Gasteiger charge is 2.19. The second-order valence-electron chi connectivity index (χ2n) is 4.24. The fraction of sp³-hybridized carbons (Fsp3) is 0.200. The van der Waals surface area contributed by atoms with Crippen molar-refractivity contribution >= 4 is 17.4 Å². The molecule has 0 bridgehead atoms. The summed E-state index contributed by atoms with van der Waals surface area (Å²) in [7, 11) is 0. The van der Waals surface area contributed by atoms with Gasteiger partial charge in [-0.05, 0) is 30.2 Å². The lowest BCUT2D eigenvalue weighted by molar-refractivity contribution is 0.736. The molecule has 3 rings (SSSR count). The average Bonchev–Trinajstić information content (AvgIpc) is 2.54. The van der Waals surface area contributed by atoms with Crippen LogP contribution in [0.1, 0.15) is 24.9 Å². The first-order valence-electron chi connectivity index (χ1n) is 6.01. The zero-order valence-corrected chi connectivity index (χ0v) is 10.6. The lowest BCUT2D eigenvalue weighted by atomic mass is 10.0. The van der Waals surface area contributed by atoms with Crippen molar-refractivity contribution in [1.82, 2.24) is 0 Å². The van der Waals surface area contributed by atoms with Gasteiger partial charge in [-0.15, -0.1) is 0 Å². The third kappa shape index (κ3) is 1.93. The van der Waals surface area contributed by atoms with Crippen molar-refractivity contribution < 1.29 is 0 Å². The molecule has 0 spiro atoms. The summed E-state index contributed by atoms with van der Waals surface area (Å²) in [6.45, 7) is 2.23. The first-order chi connectivity index (χ1) is 8.38. The molecule has 0 radical (unpaired) electrons. The number of benzene rings is 2. The molecule has 1 atom stereocenters. The summed E-state index contributed by atoms with van der Waals surface area (Å²) < 4.78 is 0. The van der Waals surface area contributed by atoms with Gasteiger partial charge in [0.05, 0.1) is 6.04 Å². The molecule has 0 unspecified atom stereocenters. The van der Waals surface area contributed by atoms with Gasteiger partial charge in [0.15, 0.2) is 0 Å². The number of hydrogen-bond acceptors (Lipinski definition) is 2. The number of rotatable bonds is 1. The Kier molecular flexibility index (Phi) is 2.81. The Labute approximate surface area is 106 Å². The van der Waals surface area contributed by atoms with E-state index in [0.717, 1.165) is 6.42 Å². The monoisotopic (exact) mass is 241 g/mol. The van der Waals surface area contributed by atoms with Gasteiger partial charge < -0.3 is 5.32 Å². The van der Waals surface area contributed by atoms with Crippen LogP contribution < -0.4 is 5.32 Å². The van der Waals surface area contributed by atoms with Crippen LogP contribution in [-0.4, -0.2) is 0 Å². The smallest absolute Gasteiger partial charge is 0.0522 e. The molecule has 0 aliphatic carbocycles. The van der Waals surface area contributed by atoms with Gasteiger partial charge in [-0.1, -0.05) is 49.0 Å². The Hall–Kier alpha value is -1.41. The normalized spacial score (nSPS) is 17.6. The Bertz CT molecular complexity index is 536. The van der Waals surface area contributed by atoms with Gasteiger partial charge in [-0.2, -0.15) is 0 Å². The van der Waals surface area contributed by atoms with Crippen molar-refractivity contribution in [2.75, 3.05) is 5.32 Å². The van der Waals surface area contributed by atoms with Gasteiger partial charge in [-0.3, -0.25) is 0 Å². The van der Waals surface area contributed by atoms with Crippen molar-refractivity contribution in [1.29, 1.82) is 0 Å². The van der Waals surface area contributed by atoms with Gasteiger partial charge in [0.2, 0.25) is 0 Å². The number of anilines is 1. The van der Waals surface area contributed by atoms with Crippen LogP contribution in [0.4, 0.5) is 5.69 Å². The van der Waals surface area contributed by atoms with E-state index in [4.69, 9.17) is 0 Å². The topological polar surface area (TPSA) is 12.0 Å². The molecule has 0 saturated heterocycles. The highest BCUT2D eigenvalue weighted by atomic mass is 32.2. The second-order valence-corrected chi connectivity index (χ2v) is 5.32. The molecule has 0 fully saturated rings. The van der Waals surface area contributed by atoms with Crippen molar-refractivity contribution in [3.63, 3.8) is 0 Å². The summed E-state index contributed by atoms with van der Waals surface area (Å²) in [5.74, 6) is 0. The molecule has 0 amide bonds. The van der Waals surface area contributed by atoms with Crippen LogP contribution in [0.3, 0.4) is 0 Å². The first kappa shape index (κ1) is 10.7. The van der Waals surface area contributed by atoms with E-state index in [-0.39, 0.29) is 0 Å². The summed E-state index contributed by atoms with van der Waals surface area (Å²) in [5.41, 5.74) is 2.66. The maximum absolute atomic E-state index is 3.64. The number of para-hydroxylation sites is 1. The van der Waals surface area contributed by atoms with E-state index in [9.17, 15) is 0 Å². The Morgan fingerprint density at radius 2 is 1.71 bits per heavy atom. The maximum Gasteiger partial charge on any atom is 0.0522 e. The standard InChI is InChI=1S/C15H15NS/c1-2-12-11-7-3-5-9-14(11)17-15-10-6-4-8-13(15)16-12/h3-10,12,16H,2H2,1H3/t12-/m1/s1. The largest absolute Gasteiger partial charge is 0.377 e. The fourth-order valence-corrected chi connectivity index (χ4v) is 3.34. The summed E-state index contributed by atoms with van der Waals surface area (Å²) in [4.78, 5) is 2.69. The fourth-order valence-electron chi connectivity index (χ4n) is 2.24. The quantitative estimate of drug-likeness (QED) is 0.775. The predicted octanol–water partition coefficient (Wildman–Crippen LogP) is 4.71. The molecule has 2 aromatic carbocycles. The Morgan fingerprint density at radius 3 is 2.53 bits per heavy atom. The molecule has 1 nitrogen and oxygen atoms in total. The van der Waals surface area contributed by atoms with Crippen LogP contribution in [-0.2, 0) is 0 Å². The van der Waals surface area contributed by atoms with Crippen LogP contribution >= 0.6 is 11.8 Å². The number of fused-ring (bicyclic) bond motifs is 2. The van der Waals surface area contributed by atoms with E-state index in [2.05, 4.69) is 60.8 Å². The average molecular weight is 241 g/mol. The minimum atomic E-state index is 0.419. The van der Waals surface area contributed by atoms with Crippen molar-refractivity contribution in [2.24, 2.45) is 0 Å². The molecular formula is C15H15NS. The van der Waals surface area contributed by atoms with Gasteiger partial charge in [0, 0.05) is 15.5 Å². The zero-order valence-electron chi connectivity index (χ0n) is 9.81. The Morgan fingerprint density at radius 1 is 1.00 bits per heavy atom. The minimum Gasteiger partial charge on any atom is -0.377 e. The minimum absolute atomic E-state index is 0.419. The zero-order chi connectivity index (χ0) is 11.7. The highest BCUT2D eigenvalue weighted by molar-refractivity contribution is 7.99. The third-order valence-electron chi connectivity index (χ3n) is 3.14. The SMILES string of the molecule is CC[C@H]1Nc2ccccc2Sc2ccccc21.